The van der Waals surface area contributed by atoms with Crippen LogP contribution in [0.2, 0.25) is 0 Å². The molecule has 0 bridgehead atoms. The van der Waals surface area contributed by atoms with Gasteiger partial charge in [-0.15, -0.1) is 0 Å². The Labute approximate surface area is 164 Å². The highest BCUT2D eigenvalue weighted by molar-refractivity contribution is 5.96. The van der Waals surface area contributed by atoms with Crippen LogP contribution in [0.15, 0.2) is 42.5 Å². The zero-order valence-electron chi connectivity index (χ0n) is 15.3. The molecule has 2 aromatic carbocycles. The fraction of sp³-hybridized carbons (Fsp3) is 0.316. The van der Waals surface area contributed by atoms with Gasteiger partial charge in [0.25, 0.3) is 5.69 Å². The van der Waals surface area contributed by atoms with Crippen LogP contribution in [0.3, 0.4) is 0 Å². The molecule has 0 radical (unpaired) electrons. The van der Waals surface area contributed by atoms with E-state index in [0.29, 0.717) is 30.0 Å². The number of nitro groups is 1. The molecule has 0 amide bonds. The number of methoxy groups -OCH3 is 2. The first-order valence-corrected chi connectivity index (χ1v) is 8.35. The maximum atomic E-state index is 12.1. The SMILES string of the molecule is COc1ccc(CC[NH2+]CCC(=O)c2cccc([N+](=O)[O-])c2)cc1OC.[Cl-]. The van der Waals surface area contributed by atoms with Crippen LogP contribution in [0, 0.1) is 10.1 Å². The number of non-ortho nitro benzene ring substituents is 1. The van der Waals surface area contributed by atoms with E-state index in [9.17, 15) is 14.9 Å². The number of ketones is 1. The van der Waals surface area contributed by atoms with E-state index in [1.807, 2.05) is 18.2 Å². The van der Waals surface area contributed by atoms with Gasteiger partial charge >= 0.3 is 0 Å². The van der Waals surface area contributed by atoms with Crippen LogP contribution in [0.1, 0.15) is 22.3 Å². The number of benzene rings is 2. The Kier molecular flexibility index (Phi) is 9.25. The number of Topliss-reactive ketones (excluding diaryl/α,β-unsaturated/α-hetero) is 1. The van der Waals surface area contributed by atoms with E-state index in [2.05, 4.69) is 5.32 Å². The zero-order valence-corrected chi connectivity index (χ0v) is 16.1. The molecular weight excluding hydrogens is 372 g/mol. The summed E-state index contributed by atoms with van der Waals surface area (Å²) in [4.78, 5) is 22.4. The van der Waals surface area contributed by atoms with Crippen LogP contribution in [-0.4, -0.2) is 38.0 Å². The normalized spacial score (nSPS) is 10.0. The van der Waals surface area contributed by atoms with Crippen LogP contribution in [0.25, 0.3) is 0 Å². The summed E-state index contributed by atoms with van der Waals surface area (Å²) < 4.78 is 10.5. The molecule has 2 N–H and O–H groups in total. The molecule has 0 aliphatic heterocycles. The second-order valence-electron chi connectivity index (χ2n) is 5.79. The lowest BCUT2D eigenvalue weighted by Gasteiger charge is -2.09. The molecule has 0 saturated heterocycles. The minimum Gasteiger partial charge on any atom is -1.00 e. The number of ether oxygens (including phenoxy) is 2. The van der Waals surface area contributed by atoms with Crippen molar-refractivity contribution in [3.63, 3.8) is 0 Å². The Morgan fingerprint density at radius 1 is 1.07 bits per heavy atom. The zero-order chi connectivity index (χ0) is 18.9. The van der Waals surface area contributed by atoms with Crippen LogP contribution in [0.4, 0.5) is 5.69 Å². The minimum absolute atomic E-state index is 0. The molecule has 0 aliphatic carbocycles. The van der Waals surface area contributed by atoms with Crippen molar-refractivity contribution < 1.29 is 36.9 Å². The van der Waals surface area contributed by atoms with Crippen molar-refractivity contribution in [3.05, 3.63) is 63.7 Å². The fourth-order valence-corrected chi connectivity index (χ4v) is 2.62. The fourth-order valence-electron chi connectivity index (χ4n) is 2.62. The summed E-state index contributed by atoms with van der Waals surface area (Å²) in [5, 5.41) is 12.8. The molecule has 0 unspecified atom stereocenters. The molecule has 0 saturated carbocycles. The molecule has 0 heterocycles. The van der Waals surface area contributed by atoms with E-state index in [1.54, 1.807) is 20.3 Å². The lowest BCUT2D eigenvalue weighted by molar-refractivity contribution is -0.653. The van der Waals surface area contributed by atoms with Gasteiger partial charge in [0.1, 0.15) is 0 Å². The monoisotopic (exact) mass is 394 g/mol. The Balaban J connectivity index is 0.00000364. The number of nitrogens with zero attached hydrogens (tertiary/aromatic N) is 1. The third-order valence-electron chi connectivity index (χ3n) is 4.04. The summed E-state index contributed by atoms with van der Waals surface area (Å²) >= 11 is 0. The number of rotatable bonds is 10. The maximum Gasteiger partial charge on any atom is 0.270 e. The lowest BCUT2D eigenvalue weighted by Crippen LogP contribution is -3.00. The van der Waals surface area contributed by atoms with Crippen molar-refractivity contribution in [2.24, 2.45) is 0 Å². The summed E-state index contributed by atoms with van der Waals surface area (Å²) in [6.07, 6.45) is 1.18. The van der Waals surface area contributed by atoms with Crippen LogP contribution in [0.5, 0.6) is 11.5 Å². The smallest absolute Gasteiger partial charge is 0.270 e. The highest BCUT2D eigenvalue weighted by Crippen LogP contribution is 2.27. The molecular formula is C19H23ClN2O5. The standard InChI is InChI=1S/C19H22N2O5.ClH/c1-25-18-7-6-14(12-19(18)26-2)8-10-20-11-9-17(22)15-4-3-5-16(13-15)21(23)24;/h3-7,12-13,20H,8-11H2,1-2H3;1H. The van der Waals surface area contributed by atoms with Crippen LogP contribution >= 0.6 is 0 Å². The van der Waals surface area contributed by atoms with E-state index < -0.39 is 4.92 Å². The topological polar surface area (TPSA) is 95.3 Å². The predicted molar refractivity (Wildman–Crippen MR) is 97.0 cm³/mol. The predicted octanol–water partition coefficient (Wildman–Crippen LogP) is -1.01. The maximum absolute atomic E-state index is 12.1. The third-order valence-corrected chi connectivity index (χ3v) is 4.04. The van der Waals surface area contributed by atoms with E-state index in [-0.39, 0.29) is 23.9 Å². The van der Waals surface area contributed by atoms with Crippen molar-refractivity contribution >= 4 is 11.5 Å². The van der Waals surface area contributed by atoms with Gasteiger partial charge in [0, 0.05) is 24.1 Å². The second-order valence-corrected chi connectivity index (χ2v) is 5.79. The summed E-state index contributed by atoms with van der Waals surface area (Å²) in [7, 11) is 3.21. The Morgan fingerprint density at radius 2 is 1.81 bits per heavy atom. The number of hydrogen-bond acceptors (Lipinski definition) is 5. The molecule has 0 spiro atoms. The molecule has 146 valence electrons. The molecule has 0 aromatic heterocycles. The van der Waals surface area contributed by atoms with Gasteiger partial charge in [0.05, 0.1) is 38.7 Å². The first kappa shape index (κ1) is 22.4. The number of nitro benzene ring substituents is 1. The van der Waals surface area contributed by atoms with Gasteiger partial charge in [-0.1, -0.05) is 18.2 Å². The molecule has 0 aliphatic rings. The number of carbonyl (C=O) groups is 1. The van der Waals surface area contributed by atoms with E-state index >= 15 is 0 Å². The number of nitrogens with two attached hydrogens (primary N) is 1. The Morgan fingerprint density at radius 3 is 2.48 bits per heavy atom. The molecule has 27 heavy (non-hydrogen) atoms. The van der Waals surface area contributed by atoms with Gasteiger partial charge in [0.15, 0.2) is 17.3 Å². The molecule has 2 rings (SSSR count). The molecule has 2 aromatic rings. The summed E-state index contributed by atoms with van der Waals surface area (Å²) in [5.41, 5.74) is 1.45. The molecule has 8 heteroatoms. The van der Waals surface area contributed by atoms with E-state index in [4.69, 9.17) is 9.47 Å². The quantitative estimate of drug-likeness (QED) is 0.241. The number of halogens is 1. The average molecular weight is 395 g/mol. The Hall–Kier alpha value is -2.64. The van der Waals surface area contributed by atoms with Crippen molar-refractivity contribution in [2.45, 2.75) is 12.8 Å². The number of carbonyl (C=O) groups excluding carboxylic acids is 1. The summed E-state index contributed by atoms with van der Waals surface area (Å²) in [6, 6.07) is 11.7. The van der Waals surface area contributed by atoms with Gasteiger partial charge < -0.3 is 27.2 Å². The third kappa shape index (κ3) is 6.54. The number of hydrogen-bond donors (Lipinski definition) is 1. The molecule has 0 atom stereocenters. The van der Waals surface area contributed by atoms with Crippen molar-refractivity contribution in [3.8, 4) is 11.5 Å². The lowest BCUT2D eigenvalue weighted by atomic mass is 10.1. The second kappa shape index (κ2) is 11.2. The van der Waals surface area contributed by atoms with E-state index in [1.165, 1.54) is 18.2 Å². The van der Waals surface area contributed by atoms with Crippen molar-refractivity contribution in [1.29, 1.82) is 0 Å². The highest BCUT2D eigenvalue weighted by atomic mass is 35.5. The first-order valence-electron chi connectivity index (χ1n) is 8.35. The average Bonchev–Trinajstić information content (AvgIpc) is 2.67. The van der Waals surface area contributed by atoms with Crippen molar-refractivity contribution in [2.75, 3.05) is 27.3 Å². The molecule has 0 fully saturated rings. The minimum atomic E-state index is -0.494. The highest BCUT2D eigenvalue weighted by Gasteiger charge is 2.12. The van der Waals surface area contributed by atoms with Crippen molar-refractivity contribution in [1.82, 2.24) is 0 Å². The van der Waals surface area contributed by atoms with Gasteiger partial charge in [-0.2, -0.15) is 0 Å². The summed E-state index contributed by atoms with van der Waals surface area (Å²) in [5.74, 6) is 1.31. The summed E-state index contributed by atoms with van der Waals surface area (Å²) in [6.45, 7) is 1.46. The molecule has 7 nitrogen and oxygen atoms in total. The number of quaternary nitrogens is 1. The van der Waals surface area contributed by atoms with Crippen LogP contribution < -0.4 is 27.2 Å². The van der Waals surface area contributed by atoms with Gasteiger partial charge in [-0.25, -0.2) is 0 Å². The van der Waals surface area contributed by atoms with Gasteiger partial charge in [-0.3, -0.25) is 14.9 Å². The largest absolute Gasteiger partial charge is 1.00 e. The van der Waals surface area contributed by atoms with Gasteiger partial charge in [0.2, 0.25) is 0 Å². The van der Waals surface area contributed by atoms with E-state index in [0.717, 1.165) is 18.5 Å². The van der Waals surface area contributed by atoms with Crippen LogP contribution in [-0.2, 0) is 6.42 Å². The van der Waals surface area contributed by atoms with Gasteiger partial charge in [-0.05, 0) is 17.7 Å². The first-order chi connectivity index (χ1) is 12.5. The Bertz CT molecular complexity index is 782.